The van der Waals surface area contributed by atoms with Crippen LogP contribution < -0.4 is 5.32 Å². The fraction of sp³-hybridized carbons (Fsp3) is 0.611. The minimum atomic E-state index is -0.251. The zero-order valence-corrected chi connectivity index (χ0v) is 13.6. The molecule has 2 amide bonds. The summed E-state index contributed by atoms with van der Waals surface area (Å²) in [5, 5.41) is 2.93. The Morgan fingerprint density at radius 1 is 1.04 bits per heavy atom. The summed E-state index contributed by atoms with van der Waals surface area (Å²) in [5.41, 5.74) is 0.917. The number of urea groups is 1. The number of nitrogens with one attached hydrogen (secondary N) is 1. The molecule has 0 aromatic heterocycles. The van der Waals surface area contributed by atoms with Gasteiger partial charge >= 0.3 is 6.03 Å². The van der Waals surface area contributed by atoms with Crippen LogP contribution in [0.1, 0.15) is 37.7 Å². The molecule has 0 unspecified atom stereocenters. The molecule has 0 radical (unpaired) electrons. The molecule has 1 aromatic rings. The molecule has 1 aliphatic carbocycles. The molecule has 23 heavy (non-hydrogen) atoms. The van der Waals surface area contributed by atoms with Gasteiger partial charge in [-0.2, -0.15) is 0 Å². The first-order valence-electron chi connectivity index (χ1n) is 8.73. The molecule has 0 atom stereocenters. The molecule has 126 valence electrons. The maximum Gasteiger partial charge on any atom is 0.317 e. The molecule has 3 rings (SSSR count). The van der Waals surface area contributed by atoms with Gasteiger partial charge in [0.2, 0.25) is 0 Å². The SMILES string of the molecule is O=C(NCc1ccc(F)cc1)N1CCN(C2CCCCC2)CC1. The van der Waals surface area contributed by atoms with Crippen LogP contribution in [0, 0.1) is 5.82 Å². The number of carbonyl (C=O) groups excluding carboxylic acids is 1. The van der Waals surface area contributed by atoms with Crippen LogP contribution in [-0.2, 0) is 6.54 Å². The number of rotatable bonds is 3. The Morgan fingerprint density at radius 3 is 2.35 bits per heavy atom. The average molecular weight is 319 g/mol. The fourth-order valence-electron chi connectivity index (χ4n) is 3.63. The van der Waals surface area contributed by atoms with Crippen molar-refractivity contribution < 1.29 is 9.18 Å². The van der Waals surface area contributed by atoms with E-state index in [0.717, 1.165) is 37.8 Å². The van der Waals surface area contributed by atoms with E-state index in [-0.39, 0.29) is 11.8 Å². The number of halogens is 1. The number of carbonyl (C=O) groups is 1. The van der Waals surface area contributed by atoms with Crippen LogP contribution in [0.4, 0.5) is 9.18 Å². The summed E-state index contributed by atoms with van der Waals surface area (Å²) in [5.74, 6) is -0.251. The van der Waals surface area contributed by atoms with Crippen molar-refractivity contribution in [1.82, 2.24) is 15.1 Å². The monoisotopic (exact) mass is 319 g/mol. The van der Waals surface area contributed by atoms with Gasteiger partial charge in [0.25, 0.3) is 0 Å². The van der Waals surface area contributed by atoms with Crippen LogP contribution in [0.25, 0.3) is 0 Å². The lowest BCUT2D eigenvalue weighted by Gasteiger charge is -2.40. The Bertz CT molecular complexity index is 506. The Balaban J connectivity index is 1.41. The molecular weight excluding hydrogens is 293 g/mol. The van der Waals surface area contributed by atoms with E-state index in [1.165, 1.54) is 44.2 Å². The molecule has 0 bridgehead atoms. The van der Waals surface area contributed by atoms with Crippen LogP contribution in [0.15, 0.2) is 24.3 Å². The predicted octanol–water partition coefficient (Wildman–Crippen LogP) is 2.99. The number of hydrogen-bond acceptors (Lipinski definition) is 2. The maximum absolute atomic E-state index is 12.9. The molecule has 1 saturated carbocycles. The quantitative estimate of drug-likeness (QED) is 0.930. The lowest BCUT2D eigenvalue weighted by molar-refractivity contribution is 0.0905. The van der Waals surface area contributed by atoms with Gasteiger partial charge in [-0.1, -0.05) is 31.4 Å². The van der Waals surface area contributed by atoms with Crippen LogP contribution >= 0.6 is 0 Å². The molecule has 0 spiro atoms. The van der Waals surface area contributed by atoms with Gasteiger partial charge < -0.3 is 10.2 Å². The maximum atomic E-state index is 12.9. The second-order valence-electron chi connectivity index (χ2n) is 6.60. The first kappa shape index (κ1) is 16.2. The summed E-state index contributed by atoms with van der Waals surface area (Å²) >= 11 is 0. The molecule has 4 nitrogen and oxygen atoms in total. The number of piperazine rings is 1. The van der Waals surface area contributed by atoms with Crippen molar-refractivity contribution in [2.24, 2.45) is 0 Å². The van der Waals surface area contributed by atoms with Crippen molar-refractivity contribution in [2.75, 3.05) is 26.2 Å². The van der Waals surface area contributed by atoms with Gasteiger partial charge in [-0.05, 0) is 30.5 Å². The highest BCUT2D eigenvalue weighted by atomic mass is 19.1. The van der Waals surface area contributed by atoms with Crippen molar-refractivity contribution in [3.8, 4) is 0 Å². The highest BCUT2D eigenvalue weighted by Gasteiger charge is 2.26. The Labute approximate surface area is 137 Å². The van der Waals surface area contributed by atoms with Gasteiger partial charge in [0, 0.05) is 38.8 Å². The summed E-state index contributed by atoms with van der Waals surface area (Å²) in [6.07, 6.45) is 6.71. The molecular formula is C18H26FN3O. The van der Waals surface area contributed by atoms with E-state index < -0.39 is 0 Å². The van der Waals surface area contributed by atoms with Crippen molar-refractivity contribution in [3.63, 3.8) is 0 Å². The number of benzene rings is 1. The van der Waals surface area contributed by atoms with E-state index in [1.54, 1.807) is 12.1 Å². The largest absolute Gasteiger partial charge is 0.334 e. The van der Waals surface area contributed by atoms with Crippen molar-refractivity contribution in [1.29, 1.82) is 0 Å². The van der Waals surface area contributed by atoms with E-state index in [4.69, 9.17) is 0 Å². The van der Waals surface area contributed by atoms with E-state index in [2.05, 4.69) is 10.2 Å². The third-order valence-corrected chi connectivity index (χ3v) is 5.05. The van der Waals surface area contributed by atoms with Crippen LogP contribution in [0.2, 0.25) is 0 Å². The van der Waals surface area contributed by atoms with E-state index in [9.17, 15) is 9.18 Å². The van der Waals surface area contributed by atoms with Gasteiger partial charge in [-0.3, -0.25) is 4.90 Å². The van der Waals surface area contributed by atoms with E-state index in [1.807, 2.05) is 4.90 Å². The first-order chi connectivity index (χ1) is 11.2. The molecule has 1 aliphatic heterocycles. The first-order valence-corrected chi connectivity index (χ1v) is 8.73. The highest BCUT2D eigenvalue weighted by molar-refractivity contribution is 5.74. The number of nitrogens with zero attached hydrogens (tertiary/aromatic N) is 2. The van der Waals surface area contributed by atoms with Gasteiger partial charge in [0.15, 0.2) is 0 Å². The lowest BCUT2D eigenvalue weighted by atomic mass is 9.94. The third-order valence-electron chi connectivity index (χ3n) is 5.05. The van der Waals surface area contributed by atoms with Crippen molar-refractivity contribution >= 4 is 6.03 Å². The standard InChI is InChI=1S/C18H26FN3O/c19-16-8-6-15(7-9-16)14-20-18(23)22-12-10-21(11-13-22)17-4-2-1-3-5-17/h6-9,17H,1-5,10-14H2,(H,20,23). The second-order valence-corrected chi connectivity index (χ2v) is 6.60. The van der Waals surface area contributed by atoms with Gasteiger partial charge in [-0.25, -0.2) is 9.18 Å². The normalized spacial score (nSPS) is 20.5. The Hall–Kier alpha value is -1.62. The summed E-state index contributed by atoms with van der Waals surface area (Å²) in [6.45, 7) is 4.00. The highest BCUT2D eigenvalue weighted by Crippen LogP contribution is 2.23. The zero-order valence-electron chi connectivity index (χ0n) is 13.6. The van der Waals surface area contributed by atoms with E-state index in [0.29, 0.717) is 6.54 Å². The number of hydrogen-bond donors (Lipinski definition) is 1. The molecule has 1 saturated heterocycles. The summed E-state index contributed by atoms with van der Waals surface area (Å²) in [4.78, 5) is 16.7. The molecule has 2 aliphatic rings. The Morgan fingerprint density at radius 2 is 1.70 bits per heavy atom. The molecule has 2 fully saturated rings. The smallest absolute Gasteiger partial charge is 0.317 e. The molecule has 1 N–H and O–H groups in total. The van der Waals surface area contributed by atoms with Gasteiger partial charge in [-0.15, -0.1) is 0 Å². The topological polar surface area (TPSA) is 35.6 Å². The van der Waals surface area contributed by atoms with Gasteiger partial charge in [0.1, 0.15) is 5.82 Å². The summed E-state index contributed by atoms with van der Waals surface area (Å²) in [6, 6.07) is 6.97. The minimum absolute atomic E-state index is 0.0161. The minimum Gasteiger partial charge on any atom is -0.334 e. The summed E-state index contributed by atoms with van der Waals surface area (Å²) in [7, 11) is 0. The van der Waals surface area contributed by atoms with Crippen molar-refractivity contribution in [3.05, 3.63) is 35.6 Å². The summed E-state index contributed by atoms with van der Waals surface area (Å²) < 4.78 is 12.9. The van der Waals surface area contributed by atoms with Crippen LogP contribution in [0.3, 0.4) is 0 Å². The Kier molecular flexibility index (Phi) is 5.49. The van der Waals surface area contributed by atoms with Crippen molar-refractivity contribution in [2.45, 2.75) is 44.7 Å². The van der Waals surface area contributed by atoms with Gasteiger partial charge in [0.05, 0.1) is 0 Å². The third kappa shape index (κ3) is 4.44. The lowest BCUT2D eigenvalue weighted by Crippen LogP contribution is -2.54. The zero-order chi connectivity index (χ0) is 16.1. The molecule has 1 aromatic carbocycles. The molecule has 1 heterocycles. The molecule has 5 heteroatoms. The second kappa shape index (κ2) is 7.77. The van der Waals surface area contributed by atoms with Crippen LogP contribution in [-0.4, -0.2) is 48.1 Å². The predicted molar refractivity (Wildman–Crippen MR) is 88.7 cm³/mol. The van der Waals surface area contributed by atoms with Crippen LogP contribution in [0.5, 0.6) is 0 Å². The van der Waals surface area contributed by atoms with E-state index >= 15 is 0 Å². The number of amides is 2. The average Bonchev–Trinajstić information content (AvgIpc) is 2.62. The fourth-order valence-corrected chi connectivity index (χ4v) is 3.63.